The first-order valence-electron chi connectivity index (χ1n) is 7.29. The number of fused-ring (bicyclic) bond motifs is 1. The summed E-state index contributed by atoms with van der Waals surface area (Å²) in [4.78, 5) is 16.5. The van der Waals surface area contributed by atoms with Crippen LogP contribution in [0.25, 0.3) is 11.1 Å². The van der Waals surface area contributed by atoms with Crippen molar-refractivity contribution in [1.82, 2.24) is 25.3 Å². The maximum absolute atomic E-state index is 13.8. The van der Waals surface area contributed by atoms with Gasteiger partial charge < -0.3 is 4.52 Å². The van der Waals surface area contributed by atoms with Gasteiger partial charge in [-0.1, -0.05) is 5.16 Å². The SMILES string of the molecule is CCn1ncc(C=NNC(=O)c2cc(C)nc3onc(C)c23)c1F. The van der Waals surface area contributed by atoms with Crippen molar-refractivity contribution in [3.05, 3.63) is 40.7 Å². The number of aryl methyl sites for hydroxylation is 3. The third-order valence-corrected chi connectivity index (χ3v) is 3.46. The Bertz CT molecular complexity index is 943. The molecule has 24 heavy (non-hydrogen) atoms. The summed E-state index contributed by atoms with van der Waals surface area (Å²) in [6.07, 6.45) is 2.55. The molecule has 0 spiro atoms. The van der Waals surface area contributed by atoms with E-state index in [1.807, 2.05) is 0 Å². The number of hydrogen-bond acceptors (Lipinski definition) is 6. The number of carbonyl (C=O) groups is 1. The summed E-state index contributed by atoms with van der Waals surface area (Å²) in [5, 5.41) is 12.0. The maximum Gasteiger partial charge on any atom is 0.272 e. The van der Waals surface area contributed by atoms with Crippen LogP contribution in [0, 0.1) is 19.8 Å². The minimum atomic E-state index is -0.507. The highest BCUT2D eigenvalue weighted by atomic mass is 19.1. The van der Waals surface area contributed by atoms with E-state index in [-0.39, 0.29) is 11.3 Å². The first-order chi connectivity index (χ1) is 11.5. The molecule has 0 aliphatic heterocycles. The van der Waals surface area contributed by atoms with Crippen molar-refractivity contribution in [3.8, 4) is 0 Å². The van der Waals surface area contributed by atoms with Gasteiger partial charge in [0.25, 0.3) is 11.6 Å². The highest BCUT2D eigenvalue weighted by Gasteiger charge is 2.17. The zero-order valence-corrected chi connectivity index (χ0v) is 13.4. The Kier molecular flexibility index (Phi) is 4.07. The van der Waals surface area contributed by atoms with Crippen molar-refractivity contribution >= 4 is 23.2 Å². The lowest BCUT2D eigenvalue weighted by atomic mass is 10.1. The smallest absolute Gasteiger partial charge is 0.272 e. The predicted octanol–water partition coefficient (Wildman–Crippen LogP) is 1.96. The molecule has 0 aromatic carbocycles. The monoisotopic (exact) mass is 330 g/mol. The molecule has 3 heterocycles. The Morgan fingerprint density at radius 2 is 2.29 bits per heavy atom. The third-order valence-electron chi connectivity index (χ3n) is 3.46. The standard InChI is InChI=1S/C15H15FN6O2/c1-4-22-13(16)10(7-18-22)6-17-20-14(23)11-5-8(2)19-15-12(11)9(3)21-24-15/h5-7H,4H2,1-3H3,(H,20,23). The first kappa shape index (κ1) is 15.8. The van der Waals surface area contributed by atoms with Crippen molar-refractivity contribution < 1.29 is 13.7 Å². The molecule has 3 rings (SSSR count). The molecule has 0 saturated carbocycles. The molecular weight excluding hydrogens is 315 g/mol. The Balaban J connectivity index is 1.84. The van der Waals surface area contributed by atoms with E-state index in [1.165, 1.54) is 17.1 Å². The van der Waals surface area contributed by atoms with Gasteiger partial charge in [-0.3, -0.25) is 4.79 Å². The van der Waals surface area contributed by atoms with Crippen LogP contribution in [0.4, 0.5) is 4.39 Å². The summed E-state index contributed by atoms with van der Waals surface area (Å²) < 4.78 is 20.1. The van der Waals surface area contributed by atoms with E-state index in [9.17, 15) is 9.18 Å². The number of hydrazone groups is 1. The fourth-order valence-corrected chi connectivity index (χ4v) is 2.31. The van der Waals surface area contributed by atoms with E-state index in [4.69, 9.17) is 4.52 Å². The van der Waals surface area contributed by atoms with Crippen LogP contribution in [-0.2, 0) is 6.54 Å². The second-order valence-corrected chi connectivity index (χ2v) is 5.16. The first-order valence-corrected chi connectivity index (χ1v) is 7.29. The number of pyridine rings is 1. The van der Waals surface area contributed by atoms with Crippen molar-refractivity contribution in [2.45, 2.75) is 27.3 Å². The molecule has 8 nitrogen and oxygen atoms in total. The number of nitrogens with zero attached hydrogens (tertiary/aromatic N) is 5. The van der Waals surface area contributed by atoms with Gasteiger partial charge in [-0.25, -0.2) is 15.1 Å². The second kappa shape index (κ2) is 6.19. The van der Waals surface area contributed by atoms with Gasteiger partial charge in [-0.05, 0) is 26.8 Å². The quantitative estimate of drug-likeness (QED) is 0.582. The van der Waals surface area contributed by atoms with Crippen LogP contribution in [0.1, 0.15) is 34.2 Å². The van der Waals surface area contributed by atoms with Gasteiger partial charge in [-0.15, -0.1) is 0 Å². The molecule has 0 bridgehead atoms. The van der Waals surface area contributed by atoms with Gasteiger partial charge >= 0.3 is 0 Å². The van der Waals surface area contributed by atoms with Crippen LogP contribution >= 0.6 is 0 Å². The molecule has 1 N–H and O–H groups in total. The summed E-state index contributed by atoms with van der Waals surface area (Å²) in [6.45, 7) is 5.65. The van der Waals surface area contributed by atoms with Crippen molar-refractivity contribution in [1.29, 1.82) is 0 Å². The highest BCUT2D eigenvalue weighted by molar-refractivity contribution is 6.06. The number of halogens is 1. The molecule has 0 aliphatic rings. The number of hydrogen-bond donors (Lipinski definition) is 1. The summed E-state index contributed by atoms with van der Waals surface area (Å²) in [5.41, 5.74) is 4.36. The van der Waals surface area contributed by atoms with E-state index >= 15 is 0 Å². The van der Waals surface area contributed by atoms with Crippen LogP contribution in [-0.4, -0.2) is 32.0 Å². The predicted molar refractivity (Wildman–Crippen MR) is 84.2 cm³/mol. The van der Waals surface area contributed by atoms with Gasteiger partial charge in [0.1, 0.15) is 0 Å². The molecule has 3 aromatic rings. The summed E-state index contributed by atoms with van der Waals surface area (Å²) in [5.74, 6) is -0.969. The van der Waals surface area contributed by atoms with Gasteiger partial charge in [-0.2, -0.15) is 14.6 Å². The van der Waals surface area contributed by atoms with Crippen LogP contribution in [0.2, 0.25) is 0 Å². The molecule has 3 aromatic heterocycles. The molecular formula is C15H15FN6O2. The van der Waals surface area contributed by atoms with Gasteiger partial charge in [0.15, 0.2) is 0 Å². The van der Waals surface area contributed by atoms with Crippen LogP contribution in [0.3, 0.4) is 0 Å². The fourth-order valence-electron chi connectivity index (χ4n) is 2.31. The Labute approximate surface area is 136 Å². The fraction of sp³-hybridized carbons (Fsp3) is 0.267. The second-order valence-electron chi connectivity index (χ2n) is 5.16. The van der Waals surface area contributed by atoms with E-state index < -0.39 is 11.9 Å². The molecule has 1 amide bonds. The summed E-state index contributed by atoms with van der Waals surface area (Å²) >= 11 is 0. The minimum Gasteiger partial charge on any atom is -0.336 e. The zero-order chi connectivity index (χ0) is 17.3. The lowest BCUT2D eigenvalue weighted by Gasteiger charge is -2.02. The van der Waals surface area contributed by atoms with E-state index in [1.54, 1.807) is 26.8 Å². The normalized spacial score (nSPS) is 11.5. The molecule has 0 atom stereocenters. The number of aromatic nitrogens is 4. The molecule has 9 heteroatoms. The minimum absolute atomic E-state index is 0.189. The molecule has 0 radical (unpaired) electrons. The molecule has 0 unspecified atom stereocenters. The lowest BCUT2D eigenvalue weighted by molar-refractivity contribution is 0.0956. The molecule has 0 saturated heterocycles. The number of carbonyl (C=O) groups excluding carboxylic acids is 1. The van der Waals surface area contributed by atoms with Gasteiger partial charge in [0.2, 0.25) is 5.95 Å². The lowest BCUT2D eigenvalue weighted by Crippen LogP contribution is -2.18. The molecule has 0 aliphatic carbocycles. The van der Waals surface area contributed by atoms with Gasteiger partial charge in [0.05, 0.1) is 34.6 Å². The number of nitrogens with one attached hydrogen (secondary N) is 1. The van der Waals surface area contributed by atoms with Crippen molar-refractivity contribution in [2.24, 2.45) is 5.10 Å². The topological polar surface area (TPSA) is 98.2 Å². The van der Waals surface area contributed by atoms with E-state index in [0.29, 0.717) is 28.9 Å². The average Bonchev–Trinajstić information content (AvgIpc) is 3.10. The maximum atomic E-state index is 13.8. The summed E-state index contributed by atoms with van der Waals surface area (Å²) in [6, 6.07) is 1.62. The van der Waals surface area contributed by atoms with Crippen LogP contribution in [0.5, 0.6) is 0 Å². The van der Waals surface area contributed by atoms with Crippen molar-refractivity contribution in [2.75, 3.05) is 0 Å². The molecule has 124 valence electrons. The highest BCUT2D eigenvalue weighted by Crippen LogP contribution is 2.21. The average molecular weight is 330 g/mol. The number of amides is 1. The Morgan fingerprint density at radius 1 is 1.50 bits per heavy atom. The summed E-state index contributed by atoms with van der Waals surface area (Å²) in [7, 11) is 0. The van der Waals surface area contributed by atoms with Crippen LogP contribution < -0.4 is 5.43 Å². The van der Waals surface area contributed by atoms with Gasteiger partial charge in [0, 0.05) is 12.2 Å². The van der Waals surface area contributed by atoms with E-state index in [0.717, 1.165) is 0 Å². The number of rotatable bonds is 4. The zero-order valence-electron chi connectivity index (χ0n) is 13.4. The van der Waals surface area contributed by atoms with Crippen molar-refractivity contribution in [3.63, 3.8) is 0 Å². The largest absolute Gasteiger partial charge is 0.336 e. The van der Waals surface area contributed by atoms with E-state index in [2.05, 4.69) is 25.8 Å². The Morgan fingerprint density at radius 3 is 3.00 bits per heavy atom. The molecule has 0 fully saturated rings. The van der Waals surface area contributed by atoms with Crippen LogP contribution in [0.15, 0.2) is 21.9 Å². The third kappa shape index (κ3) is 2.75. The Hall–Kier alpha value is -3.10.